The molecule has 0 bridgehead atoms. The quantitative estimate of drug-likeness (QED) is 0.635. The minimum absolute atomic E-state index is 0.0555. The molecule has 1 fully saturated rings. The first-order valence-corrected chi connectivity index (χ1v) is 10.00. The van der Waals surface area contributed by atoms with Crippen LogP contribution in [0.4, 0.5) is 5.69 Å². The molecule has 1 heterocycles. The van der Waals surface area contributed by atoms with Crippen LogP contribution in [0.25, 0.3) is 6.08 Å². The van der Waals surface area contributed by atoms with Gasteiger partial charge in [-0.1, -0.05) is 36.4 Å². The topological polar surface area (TPSA) is 51.1 Å². The number of thioether (sulfide) groups is 1. The minimum atomic E-state index is -0.0731. The zero-order valence-corrected chi connectivity index (χ0v) is 17.1. The summed E-state index contributed by atoms with van der Waals surface area (Å²) < 4.78 is 11.0. The Kier molecular flexibility index (Phi) is 6.90. The Morgan fingerprint density at radius 3 is 2.54 bits per heavy atom. The van der Waals surface area contributed by atoms with Crippen LogP contribution in [-0.2, 0) is 9.53 Å². The van der Waals surface area contributed by atoms with Gasteiger partial charge in [0.25, 0.3) is 5.91 Å². The number of ether oxygens (including phenoxy) is 2. The van der Waals surface area contributed by atoms with Crippen molar-refractivity contribution in [2.24, 2.45) is 4.99 Å². The monoisotopic (exact) mass is 396 g/mol. The summed E-state index contributed by atoms with van der Waals surface area (Å²) in [7, 11) is 1.62. The number of para-hydroxylation sites is 2. The molecule has 1 saturated heterocycles. The van der Waals surface area contributed by atoms with Gasteiger partial charge in [-0.2, -0.15) is 0 Å². The highest BCUT2D eigenvalue weighted by atomic mass is 32.2. The summed E-state index contributed by atoms with van der Waals surface area (Å²) in [4.78, 5) is 20.0. The maximum Gasteiger partial charge on any atom is 0.266 e. The number of carbonyl (C=O) groups excluding carboxylic acids is 1. The summed E-state index contributed by atoms with van der Waals surface area (Å²) in [6.45, 7) is 4.86. The molecule has 0 spiro atoms. The van der Waals surface area contributed by atoms with E-state index in [1.807, 2.05) is 74.5 Å². The number of amidine groups is 1. The lowest BCUT2D eigenvalue weighted by atomic mass is 10.2. The van der Waals surface area contributed by atoms with Crippen molar-refractivity contribution in [1.29, 1.82) is 0 Å². The second-order valence-electron chi connectivity index (χ2n) is 6.49. The summed E-state index contributed by atoms with van der Waals surface area (Å²) in [5, 5.41) is 0.654. The molecule has 6 heteroatoms. The Labute approximate surface area is 170 Å². The molecule has 2 aromatic rings. The molecule has 5 nitrogen and oxygen atoms in total. The maximum absolute atomic E-state index is 13.0. The highest BCUT2D eigenvalue weighted by molar-refractivity contribution is 8.18. The standard InChI is InChI=1S/C22H24N2O3S/c1-16(2)27-19-12-8-7-9-17(19)15-20-21(25)24(13-14-26-3)22(28-20)23-18-10-5-4-6-11-18/h4-12,15-16H,13-14H2,1-3H3/b20-15+,23-22?. The van der Waals surface area contributed by atoms with Crippen molar-refractivity contribution in [3.63, 3.8) is 0 Å². The minimum Gasteiger partial charge on any atom is -0.490 e. The van der Waals surface area contributed by atoms with Crippen LogP contribution in [0.3, 0.4) is 0 Å². The maximum atomic E-state index is 13.0. The zero-order chi connectivity index (χ0) is 19.9. The van der Waals surface area contributed by atoms with Gasteiger partial charge in [0, 0.05) is 12.7 Å². The van der Waals surface area contributed by atoms with Crippen LogP contribution in [-0.4, -0.2) is 42.3 Å². The lowest BCUT2D eigenvalue weighted by Crippen LogP contribution is -2.32. The molecule has 146 valence electrons. The van der Waals surface area contributed by atoms with Crippen LogP contribution >= 0.6 is 11.8 Å². The van der Waals surface area contributed by atoms with E-state index in [4.69, 9.17) is 9.47 Å². The fraction of sp³-hybridized carbons (Fsp3) is 0.273. The molecule has 0 aliphatic carbocycles. The van der Waals surface area contributed by atoms with E-state index in [0.717, 1.165) is 17.0 Å². The molecule has 0 radical (unpaired) electrons. The second-order valence-corrected chi connectivity index (χ2v) is 7.50. The van der Waals surface area contributed by atoms with E-state index in [9.17, 15) is 4.79 Å². The van der Waals surface area contributed by atoms with Crippen LogP contribution < -0.4 is 4.74 Å². The number of rotatable bonds is 7. The average molecular weight is 397 g/mol. The molecule has 0 aromatic heterocycles. The number of carbonyl (C=O) groups is 1. The van der Waals surface area contributed by atoms with E-state index in [1.54, 1.807) is 12.0 Å². The summed E-state index contributed by atoms with van der Waals surface area (Å²) >= 11 is 1.37. The summed E-state index contributed by atoms with van der Waals surface area (Å²) in [5.41, 5.74) is 1.68. The predicted octanol–water partition coefficient (Wildman–Crippen LogP) is 4.72. The lowest BCUT2D eigenvalue weighted by molar-refractivity contribution is -0.122. The fourth-order valence-electron chi connectivity index (χ4n) is 2.69. The number of amides is 1. The van der Waals surface area contributed by atoms with E-state index in [1.165, 1.54) is 11.8 Å². The number of hydrogen-bond acceptors (Lipinski definition) is 5. The van der Waals surface area contributed by atoms with E-state index in [2.05, 4.69) is 4.99 Å². The van der Waals surface area contributed by atoms with Crippen LogP contribution in [0, 0.1) is 0 Å². The van der Waals surface area contributed by atoms with Gasteiger partial charge in [0.05, 0.1) is 29.8 Å². The zero-order valence-electron chi connectivity index (χ0n) is 16.3. The number of nitrogens with zero attached hydrogens (tertiary/aromatic N) is 2. The molecule has 1 amide bonds. The Morgan fingerprint density at radius 2 is 1.82 bits per heavy atom. The number of hydrogen-bond donors (Lipinski definition) is 0. The first-order valence-electron chi connectivity index (χ1n) is 9.18. The van der Waals surface area contributed by atoms with E-state index >= 15 is 0 Å². The fourth-order valence-corrected chi connectivity index (χ4v) is 3.70. The third kappa shape index (κ3) is 5.03. The molecule has 1 aliphatic rings. The van der Waals surface area contributed by atoms with Crippen molar-refractivity contribution in [2.45, 2.75) is 20.0 Å². The number of methoxy groups -OCH3 is 1. The third-order valence-electron chi connectivity index (χ3n) is 3.96. The van der Waals surface area contributed by atoms with Gasteiger partial charge < -0.3 is 9.47 Å². The lowest BCUT2D eigenvalue weighted by Gasteiger charge is -2.14. The average Bonchev–Trinajstić information content (AvgIpc) is 2.96. The number of aliphatic imine (C=N–C) groups is 1. The van der Waals surface area contributed by atoms with E-state index < -0.39 is 0 Å². The molecule has 28 heavy (non-hydrogen) atoms. The summed E-state index contributed by atoms with van der Waals surface area (Å²) in [5.74, 6) is 0.686. The Hall–Kier alpha value is -2.57. The number of benzene rings is 2. The molecular weight excluding hydrogens is 372 g/mol. The van der Waals surface area contributed by atoms with Gasteiger partial charge >= 0.3 is 0 Å². The van der Waals surface area contributed by atoms with Gasteiger partial charge in [-0.05, 0) is 49.9 Å². The van der Waals surface area contributed by atoms with Crippen molar-refractivity contribution < 1.29 is 14.3 Å². The normalized spacial score (nSPS) is 17.1. The van der Waals surface area contributed by atoms with Crippen molar-refractivity contribution in [3.8, 4) is 5.75 Å². The second kappa shape index (κ2) is 9.57. The SMILES string of the molecule is COCCN1C(=O)/C(=C\c2ccccc2OC(C)C)SC1=Nc1ccccc1. The van der Waals surface area contributed by atoms with Gasteiger partial charge in [-0.15, -0.1) is 0 Å². The van der Waals surface area contributed by atoms with Gasteiger partial charge in [-0.25, -0.2) is 4.99 Å². The molecular formula is C22H24N2O3S. The Balaban J connectivity index is 1.94. The molecule has 0 N–H and O–H groups in total. The van der Waals surface area contributed by atoms with Crippen molar-refractivity contribution in [2.75, 3.05) is 20.3 Å². The van der Waals surface area contributed by atoms with Gasteiger partial charge in [-0.3, -0.25) is 9.69 Å². The first-order chi connectivity index (χ1) is 13.6. The Bertz CT molecular complexity index is 878. The van der Waals surface area contributed by atoms with Gasteiger partial charge in [0.15, 0.2) is 5.17 Å². The van der Waals surface area contributed by atoms with Crippen LogP contribution in [0.1, 0.15) is 19.4 Å². The van der Waals surface area contributed by atoms with Crippen molar-refractivity contribution in [1.82, 2.24) is 4.90 Å². The molecule has 0 atom stereocenters. The molecule has 3 rings (SSSR count). The predicted molar refractivity (Wildman–Crippen MR) is 115 cm³/mol. The summed E-state index contributed by atoms with van der Waals surface area (Å²) in [6, 6.07) is 17.4. The molecule has 2 aromatic carbocycles. The van der Waals surface area contributed by atoms with Crippen molar-refractivity contribution >= 4 is 34.6 Å². The molecule has 1 aliphatic heterocycles. The van der Waals surface area contributed by atoms with Crippen LogP contribution in [0.15, 0.2) is 64.5 Å². The molecule has 0 unspecified atom stereocenters. The van der Waals surface area contributed by atoms with Crippen molar-refractivity contribution in [3.05, 3.63) is 65.1 Å². The Morgan fingerprint density at radius 1 is 1.11 bits per heavy atom. The summed E-state index contributed by atoms with van der Waals surface area (Å²) in [6.07, 6.45) is 1.93. The van der Waals surface area contributed by atoms with E-state index in [0.29, 0.717) is 23.2 Å². The van der Waals surface area contributed by atoms with Gasteiger partial charge in [0.1, 0.15) is 5.75 Å². The largest absolute Gasteiger partial charge is 0.490 e. The van der Waals surface area contributed by atoms with Gasteiger partial charge in [0.2, 0.25) is 0 Å². The van der Waals surface area contributed by atoms with E-state index in [-0.39, 0.29) is 12.0 Å². The molecule has 0 saturated carbocycles. The van der Waals surface area contributed by atoms with Crippen LogP contribution in [0.5, 0.6) is 5.75 Å². The third-order valence-corrected chi connectivity index (χ3v) is 4.96. The van der Waals surface area contributed by atoms with Crippen LogP contribution in [0.2, 0.25) is 0 Å². The highest BCUT2D eigenvalue weighted by Gasteiger charge is 2.33. The highest BCUT2D eigenvalue weighted by Crippen LogP contribution is 2.35. The smallest absolute Gasteiger partial charge is 0.266 e. The first kappa shape index (κ1) is 20.2.